The van der Waals surface area contributed by atoms with Crippen molar-refractivity contribution in [1.29, 1.82) is 0 Å². The number of hydrogen-bond donors (Lipinski definition) is 3. The van der Waals surface area contributed by atoms with Crippen molar-refractivity contribution in [1.82, 2.24) is 20.2 Å². The van der Waals surface area contributed by atoms with Gasteiger partial charge in [0.05, 0.1) is 31.6 Å². The highest BCUT2D eigenvalue weighted by atomic mass is 16.5. The molecule has 42 heavy (non-hydrogen) atoms. The second kappa shape index (κ2) is 11.4. The molecule has 3 aromatic rings. The Hall–Kier alpha value is -3.85. The number of nitrogens with zero attached hydrogens (tertiary/aromatic N) is 2. The molecule has 5 atom stereocenters. The molecule has 6 rings (SSSR count). The molecule has 2 aromatic carbocycles. The molecule has 2 fully saturated rings. The van der Waals surface area contributed by atoms with Gasteiger partial charge in [-0.3, -0.25) is 4.79 Å². The predicted molar refractivity (Wildman–Crippen MR) is 159 cm³/mol. The topological polar surface area (TPSA) is 117 Å². The number of carbonyl (C=O) groups is 2. The van der Waals surface area contributed by atoms with Crippen LogP contribution in [-0.2, 0) is 14.3 Å². The van der Waals surface area contributed by atoms with Crippen molar-refractivity contribution < 1.29 is 24.2 Å². The number of aromatic amines is 1. The molecule has 1 saturated carbocycles. The second-order valence-corrected chi connectivity index (χ2v) is 12.3. The number of phenolic OH excluding ortho intramolecular Hbond substituents is 1. The Labute approximate surface area is 246 Å². The van der Waals surface area contributed by atoms with Crippen LogP contribution in [0, 0.1) is 11.8 Å². The van der Waals surface area contributed by atoms with Crippen LogP contribution in [0.5, 0.6) is 5.75 Å². The van der Waals surface area contributed by atoms with E-state index in [1.807, 2.05) is 31.0 Å². The Bertz CT molecular complexity index is 1470. The smallest absolute Gasteiger partial charge is 0.407 e. The predicted octanol–water partition coefficient (Wildman–Crippen LogP) is 5.73. The molecule has 2 amide bonds. The van der Waals surface area contributed by atoms with E-state index in [4.69, 9.17) is 14.5 Å². The quantitative estimate of drug-likeness (QED) is 0.317. The molecule has 222 valence electrons. The number of fused-ring (bicyclic) bond motifs is 5. The lowest BCUT2D eigenvalue weighted by Crippen LogP contribution is -2.51. The summed E-state index contributed by atoms with van der Waals surface area (Å²) >= 11 is 0. The van der Waals surface area contributed by atoms with Crippen molar-refractivity contribution in [2.24, 2.45) is 11.8 Å². The zero-order valence-corrected chi connectivity index (χ0v) is 24.7. The number of likely N-dealkylation sites (tertiary alicyclic amines) is 1. The van der Waals surface area contributed by atoms with E-state index in [0.717, 1.165) is 28.8 Å². The van der Waals surface area contributed by atoms with Gasteiger partial charge in [0.25, 0.3) is 0 Å². The molecule has 2 unspecified atom stereocenters. The summed E-state index contributed by atoms with van der Waals surface area (Å²) in [5.41, 5.74) is 6.75. The number of nitrogens with one attached hydrogen (secondary N) is 2. The number of ether oxygens (including phenoxy) is 2. The standard InChI is InChI=1S/C33H40N4O5/c1-18(2)30(36-33(40)42-4)32(39)37-16-19(17-41-3)13-26(37)31-34-15-25(35-31)21-7-5-20(6-8-21)24-11-12-27(38)29-23-10-9-22(14-23)28(24)29/h5-8,11-12,15,18-19,22-23,26,30,38H,9-10,13-14,16-17H2,1-4H3,(H,34,35)(H,36,40)/t19-,22?,23?,26-,30-/m0/s1. The third-order valence-corrected chi connectivity index (χ3v) is 9.40. The van der Waals surface area contributed by atoms with Gasteiger partial charge in [0.1, 0.15) is 17.6 Å². The average molecular weight is 573 g/mol. The lowest BCUT2D eigenvalue weighted by atomic mass is 9.85. The molecule has 3 N–H and O–H groups in total. The van der Waals surface area contributed by atoms with Gasteiger partial charge in [0.2, 0.25) is 5.91 Å². The van der Waals surface area contributed by atoms with Crippen molar-refractivity contribution in [2.75, 3.05) is 27.4 Å². The number of aromatic hydroxyl groups is 1. The molecule has 0 radical (unpaired) electrons. The third kappa shape index (κ3) is 5.04. The van der Waals surface area contributed by atoms with E-state index >= 15 is 0 Å². The largest absolute Gasteiger partial charge is 0.508 e. The molecule has 9 nitrogen and oxygen atoms in total. The molecular weight excluding hydrogens is 532 g/mol. The van der Waals surface area contributed by atoms with Gasteiger partial charge in [-0.1, -0.05) is 44.2 Å². The van der Waals surface area contributed by atoms with Gasteiger partial charge in [-0.2, -0.15) is 0 Å². The van der Waals surface area contributed by atoms with Crippen molar-refractivity contribution >= 4 is 12.0 Å². The highest BCUT2D eigenvalue weighted by molar-refractivity contribution is 5.86. The highest BCUT2D eigenvalue weighted by Gasteiger charge is 2.42. The zero-order chi connectivity index (χ0) is 29.5. The van der Waals surface area contributed by atoms with Crippen LogP contribution in [0.1, 0.15) is 74.4 Å². The van der Waals surface area contributed by atoms with E-state index in [-0.39, 0.29) is 23.8 Å². The van der Waals surface area contributed by atoms with Crippen LogP contribution in [0.2, 0.25) is 0 Å². The third-order valence-electron chi connectivity index (χ3n) is 9.40. The van der Waals surface area contributed by atoms with Gasteiger partial charge in [0.15, 0.2) is 0 Å². The van der Waals surface area contributed by atoms with Gasteiger partial charge in [-0.05, 0) is 71.8 Å². The van der Waals surface area contributed by atoms with E-state index in [0.29, 0.717) is 43.0 Å². The van der Waals surface area contributed by atoms with Gasteiger partial charge in [-0.15, -0.1) is 0 Å². The van der Waals surface area contributed by atoms with Crippen LogP contribution in [0.3, 0.4) is 0 Å². The Morgan fingerprint density at radius 3 is 2.45 bits per heavy atom. The van der Waals surface area contributed by atoms with Crippen LogP contribution in [-0.4, -0.2) is 65.4 Å². The minimum absolute atomic E-state index is 0.116. The summed E-state index contributed by atoms with van der Waals surface area (Å²) in [6.07, 6.45) is 5.43. The van der Waals surface area contributed by atoms with Gasteiger partial charge in [-0.25, -0.2) is 9.78 Å². The minimum Gasteiger partial charge on any atom is -0.508 e. The maximum Gasteiger partial charge on any atom is 0.407 e. The summed E-state index contributed by atoms with van der Waals surface area (Å²) in [6, 6.07) is 11.4. The number of methoxy groups -OCH3 is 2. The lowest BCUT2D eigenvalue weighted by Gasteiger charge is -2.30. The number of benzene rings is 2. The molecule has 9 heteroatoms. The van der Waals surface area contributed by atoms with Crippen LogP contribution in [0.25, 0.3) is 22.4 Å². The summed E-state index contributed by atoms with van der Waals surface area (Å²) < 4.78 is 10.2. The summed E-state index contributed by atoms with van der Waals surface area (Å²) in [7, 11) is 2.96. The van der Waals surface area contributed by atoms with E-state index in [1.165, 1.54) is 31.1 Å². The number of carbonyl (C=O) groups excluding carboxylic acids is 2. The Morgan fingerprint density at radius 1 is 1.05 bits per heavy atom. The van der Waals surface area contributed by atoms with Crippen molar-refractivity contribution in [3.05, 3.63) is 59.5 Å². The Balaban J connectivity index is 1.24. The number of phenols is 1. The molecule has 3 aliphatic rings. The molecule has 1 saturated heterocycles. The number of amides is 2. The maximum atomic E-state index is 13.7. The number of rotatable bonds is 8. The Morgan fingerprint density at radius 2 is 1.76 bits per heavy atom. The summed E-state index contributed by atoms with van der Waals surface area (Å²) in [4.78, 5) is 35.7. The normalized spacial score (nSPS) is 23.3. The average Bonchev–Trinajstić information content (AvgIpc) is 3.80. The van der Waals surface area contributed by atoms with E-state index in [1.54, 1.807) is 7.11 Å². The summed E-state index contributed by atoms with van der Waals surface area (Å²) in [5.74, 6) is 2.07. The first-order valence-electron chi connectivity index (χ1n) is 14.9. The van der Waals surface area contributed by atoms with Crippen LogP contribution < -0.4 is 5.32 Å². The molecule has 2 heterocycles. The molecule has 1 aliphatic heterocycles. The van der Waals surface area contributed by atoms with Gasteiger partial charge >= 0.3 is 6.09 Å². The number of alkyl carbamates (subject to hydrolysis) is 1. The fraction of sp³-hybridized carbons (Fsp3) is 0.485. The lowest BCUT2D eigenvalue weighted by molar-refractivity contribution is -0.135. The maximum absolute atomic E-state index is 13.7. The van der Waals surface area contributed by atoms with Crippen LogP contribution in [0.15, 0.2) is 42.6 Å². The highest BCUT2D eigenvalue weighted by Crippen LogP contribution is 2.58. The zero-order valence-electron chi connectivity index (χ0n) is 24.7. The number of hydrogen-bond acceptors (Lipinski definition) is 6. The van der Waals surface area contributed by atoms with Crippen molar-refractivity contribution in [3.63, 3.8) is 0 Å². The Kier molecular flexibility index (Phi) is 7.70. The first kappa shape index (κ1) is 28.3. The summed E-state index contributed by atoms with van der Waals surface area (Å²) in [6.45, 7) is 4.87. The van der Waals surface area contributed by atoms with Crippen LogP contribution in [0.4, 0.5) is 4.79 Å². The second-order valence-electron chi connectivity index (χ2n) is 12.3. The fourth-order valence-corrected chi connectivity index (χ4v) is 7.39. The summed E-state index contributed by atoms with van der Waals surface area (Å²) in [5, 5.41) is 13.3. The van der Waals surface area contributed by atoms with E-state index < -0.39 is 12.1 Å². The SMILES string of the molecule is COC[C@H]1C[C@@H](c2ncc(-c3ccc(-c4ccc(O)c5c4C4CCC5C4)cc3)[nH]2)N(C(=O)[C@@H](NC(=O)OC)C(C)C)C1. The molecule has 2 aliphatic carbocycles. The first-order chi connectivity index (χ1) is 20.3. The van der Waals surface area contributed by atoms with Gasteiger partial charge in [0, 0.05) is 25.1 Å². The fourth-order valence-electron chi connectivity index (χ4n) is 7.39. The van der Waals surface area contributed by atoms with Crippen molar-refractivity contribution in [3.8, 4) is 28.1 Å². The van der Waals surface area contributed by atoms with E-state index in [2.05, 4.69) is 40.6 Å². The van der Waals surface area contributed by atoms with Gasteiger partial charge < -0.3 is 29.8 Å². The van der Waals surface area contributed by atoms with Crippen LogP contribution >= 0.6 is 0 Å². The first-order valence-corrected chi connectivity index (χ1v) is 14.9. The number of aromatic nitrogens is 2. The molecular formula is C33H40N4O5. The number of imidazole rings is 1. The molecule has 0 spiro atoms. The minimum atomic E-state index is -0.709. The monoisotopic (exact) mass is 572 g/mol. The molecule has 2 bridgehead atoms. The van der Waals surface area contributed by atoms with E-state index in [9.17, 15) is 14.7 Å². The number of H-pyrrole nitrogens is 1. The van der Waals surface area contributed by atoms with Crippen molar-refractivity contribution in [2.45, 2.75) is 63.5 Å². The molecule has 1 aromatic heterocycles.